The lowest BCUT2D eigenvalue weighted by Gasteiger charge is -2.17. The van der Waals surface area contributed by atoms with Crippen LogP contribution >= 0.6 is 0 Å². The Bertz CT molecular complexity index is 548. The first kappa shape index (κ1) is 15.3. The number of carbonyl (C=O) groups is 2. The summed E-state index contributed by atoms with van der Waals surface area (Å²) in [4.78, 5) is 24.7. The molecule has 1 aliphatic rings. The van der Waals surface area contributed by atoms with E-state index in [0.29, 0.717) is 19.0 Å². The van der Waals surface area contributed by atoms with Crippen LogP contribution in [0.4, 0.5) is 14.9 Å². The van der Waals surface area contributed by atoms with Gasteiger partial charge in [-0.3, -0.25) is 0 Å². The number of urea groups is 1. The van der Waals surface area contributed by atoms with Crippen LogP contribution in [0, 0.1) is 11.7 Å². The Balaban J connectivity index is 2.00. The maximum atomic E-state index is 13.3. The summed E-state index contributed by atoms with van der Waals surface area (Å²) in [7, 11) is 0. The molecule has 0 spiro atoms. The number of hydrogen-bond acceptors (Lipinski definition) is 2. The van der Waals surface area contributed by atoms with Crippen molar-refractivity contribution in [3.05, 3.63) is 29.6 Å². The zero-order valence-electron chi connectivity index (χ0n) is 11.9. The summed E-state index contributed by atoms with van der Waals surface area (Å²) in [6.07, 6.45) is 3.19. The molecule has 21 heavy (non-hydrogen) atoms. The van der Waals surface area contributed by atoms with Crippen LogP contribution in [0.2, 0.25) is 0 Å². The molecule has 0 aromatic heterocycles. The van der Waals surface area contributed by atoms with Gasteiger partial charge in [-0.15, -0.1) is 0 Å². The van der Waals surface area contributed by atoms with Crippen LogP contribution in [0.3, 0.4) is 0 Å². The summed E-state index contributed by atoms with van der Waals surface area (Å²) in [6, 6.07) is 3.27. The second kappa shape index (κ2) is 6.56. The van der Waals surface area contributed by atoms with Gasteiger partial charge in [0, 0.05) is 18.8 Å². The number of nitrogens with one attached hydrogen (secondary N) is 1. The summed E-state index contributed by atoms with van der Waals surface area (Å²) >= 11 is 0. The summed E-state index contributed by atoms with van der Waals surface area (Å²) in [6.45, 7) is 3.53. The van der Waals surface area contributed by atoms with Crippen molar-refractivity contribution in [1.82, 2.24) is 4.90 Å². The van der Waals surface area contributed by atoms with Crippen molar-refractivity contribution in [2.24, 2.45) is 5.92 Å². The van der Waals surface area contributed by atoms with Gasteiger partial charge in [0.2, 0.25) is 0 Å². The molecule has 114 valence electrons. The number of carboxylic acid groups (broad SMARTS) is 1. The predicted octanol–water partition coefficient (Wildman–Crippen LogP) is 3.18. The smallest absolute Gasteiger partial charge is 0.338 e. The van der Waals surface area contributed by atoms with E-state index in [1.165, 1.54) is 6.07 Å². The molecule has 1 saturated heterocycles. The van der Waals surface area contributed by atoms with E-state index in [9.17, 15) is 14.0 Å². The molecule has 0 saturated carbocycles. The number of benzene rings is 1. The average molecular weight is 294 g/mol. The normalized spacial score (nSPS) is 17.8. The monoisotopic (exact) mass is 294 g/mol. The third kappa shape index (κ3) is 3.71. The highest BCUT2D eigenvalue weighted by Crippen LogP contribution is 2.22. The molecule has 0 bridgehead atoms. The third-order valence-electron chi connectivity index (χ3n) is 3.72. The van der Waals surface area contributed by atoms with E-state index >= 15 is 0 Å². The minimum absolute atomic E-state index is 0.267. The van der Waals surface area contributed by atoms with Crippen molar-refractivity contribution in [3.63, 3.8) is 0 Å². The highest BCUT2D eigenvalue weighted by atomic mass is 19.1. The highest BCUT2D eigenvalue weighted by molar-refractivity contribution is 5.93. The van der Waals surface area contributed by atoms with Crippen molar-refractivity contribution in [2.75, 3.05) is 18.4 Å². The minimum atomic E-state index is -1.35. The Labute approximate surface area is 122 Å². The Kier molecular flexibility index (Phi) is 4.77. The molecular formula is C15H19FN2O3. The molecular weight excluding hydrogens is 275 g/mol. The van der Waals surface area contributed by atoms with E-state index in [1.54, 1.807) is 4.90 Å². The van der Waals surface area contributed by atoms with Crippen LogP contribution in [-0.2, 0) is 0 Å². The summed E-state index contributed by atoms with van der Waals surface area (Å²) < 4.78 is 13.3. The molecule has 1 aromatic rings. The maximum Gasteiger partial charge on any atom is 0.338 e. The number of halogens is 1. The van der Waals surface area contributed by atoms with Crippen molar-refractivity contribution in [3.8, 4) is 0 Å². The lowest BCUT2D eigenvalue weighted by atomic mass is 10.0. The number of amides is 2. The van der Waals surface area contributed by atoms with Crippen molar-refractivity contribution < 1.29 is 19.1 Å². The topological polar surface area (TPSA) is 69.6 Å². The van der Waals surface area contributed by atoms with Gasteiger partial charge in [-0.1, -0.05) is 13.3 Å². The van der Waals surface area contributed by atoms with Gasteiger partial charge in [0.1, 0.15) is 5.82 Å². The number of nitrogens with zero attached hydrogens (tertiary/aromatic N) is 1. The van der Waals surface area contributed by atoms with E-state index < -0.39 is 17.3 Å². The van der Waals surface area contributed by atoms with Gasteiger partial charge in [0.25, 0.3) is 0 Å². The largest absolute Gasteiger partial charge is 0.478 e. The van der Waals surface area contributed by atoms with Gasteiger partial charge in [0.15, 0.2) is 0 Å². The fourth-order valence-electron chi connectivity index (χ4n) is 2.63. The fraction of sp³-hybridized carbons (Fsp3) is 0.467. The summed E-state index contributed by atoms with van der Waals surface area (Å²) in [5, 5.41) is 11.5. The maximum absolute atomic E-state index is 13.3. The van der Waals surface area contributed by atoms with Gasteiger partial charge in [0.05, 0.1) is 5.56 Å². The lowest BCUT2D eigenvalue weighted by molar-refractivity contribution is 0.0692. The van der Waals surface area contributed by atoms with Gasteiger partial charge in [-0.25, -0.2) is 14.0 Å². The SMILES string of the molecule is CCCC1CCN(C(=O)Nc2ccc(F)c(C(=O)O)c2)C1. The van der Waals surface area contributed by atoms with E-state index in [0.717, 1.165) is 31.4 Å². The Hall–Kier alpha value is -2.11. The number of hydrogen-bond donors (Lipinski definition) is 2. The highest BCUT2D eigenvalue weighted by Gasteiger charge is 2.25. The van der Waals surface area contributed by atoms with Gasteiger partial charge >= 0.3 is 12.0 Å². The Morgan fingerprint density at radius 2 is 2.24 bits per heavy atom. The molecule has 0 radical (unpaired) electrons. The van der Waals surface area contributed by atoms with Gasteiger partial charge in [-0.05, 0) is 37.0 Å². The molecule has 1 atom stereocenters. The van der Waals surface area contributed by atoms with Crippen LogP contribution in [0.5, 0.6) is 0 Å². The molecule has 1 heterocycles. The second-order valence-electron chi connectivity index (χ2n) is 5.32. The zero-order valence-corrected chi connectivity index (χ0v) is 11.9. The fourth-order valence-corrected chi connectivity index (χ4v) is 2.63. The number of likely N-dealkylation sites (tertiary alicyclic amines) is 1. The Morgan fingerprint density at radius 1 is 1.48 bits per heavy atom. The molecule has 1 fully saturated rings. The van der Waals surface area contributed by atoms with E-state index in [4.69, 9.17) is 5.11 Å². The quantitative estimate of drug-likeness (QED) is 0.896. The van der Waals surface area contributed by atoms with Crippen molar-refractivity contribution >= 4 is 17.7 Å². The number of carbonyl (C=O) groups excluding carboxylic acids is 1. The minimum Gasteiger partial charge on any atom is -0.478 e. The van der Waals surface area contributed by atoms with Crippen LogP contribution in [0.15, 0.2) is 18.2 Å². The first-order valence-corrected chi connectivity index (χ1v) is 7.10. The molecule has 2 rings (SSSR count). The summed E-state index contributed by atoms with van der Waals surface area (Å²) in [5.41, 5.74) is -0.157. The lowest BCUT2D eigenvalue weighted by Crippen LogP contribution is -2.33. The molecule has 0 aliphatic carbocycles. The molecule has 5 nitrogen and oxygen atoms in total. The number of rotatable bonds is 4. The first-order valence-electron chi connectivity index (χ1n) is 7.10. The second-order valence-corrected chi connectivity index (χ2v) is 5.32. The molecule has 1 aromatic carbocycles. The van der Waals surface area contributed by atoms with Crippen LogP contribution in [0.1, 0.15) is 36.5 Å². The van der Waals surface area contributed by atoms with Gasteiger partial charge < -0.3 is 15.3 Å². The van der Waals surface area contributed by atoms with Crippen molar-refractivity contribution in [2.45, 2.75) is 26.2 Å². The van der Waals surface area contributed by atoms with E-state index in [1.807, 2.05) is 0 Å². The van der Waals surface area contributed by atoms with Gasteiger partial charge in [-0.2, -0.15) is 0 Å². The molecule has 6 heteroatoms. The number of aromatic carboxylic acids is 1. The van der Waals surface area contributed by atoms with Crippen LogP contribution in [-0.4, -0.2) is 35.1 Å². The summed E-state index contributed by atoms with van der Waals surface area (Å²) in [5.74, 6) is -1.64. The third-order valence-corrected chi connectivity index (χ3v) is 3.72. The van der Waals surface area contributed by atoms with Crippen LogP contribution < -0.4 is 5.32 Å². The van der Waals surface area contributed by atoms with E-state index in [-0.39, 0.29) is 11.7 Å². The molecule has 2 N–H and O–H groups in total. The predicted molar refractivity (Wildman–Crippen MR) is 77.0 cm³/mol. The van der Waals surface area contributed by atoms with E-state index in [2.05, 4.69) is 12.2 Å². The Morgan fingerprint density at radius 3 is 2.90 bits per heavy atom. The first-order chi connectivity index (χ1) is 10.0. The average Bonchev–Trinajstić information content (AvgIpc) is 2.90. The standard InChI is InChI=1S/C15H19FN2O3/c1-2-3-10-6-7-18(9-10)15(21)17-11-4-5-13(16)12(8-11)14(19)20/h4-5,8,10H,2-3,6-7,9H2,1H3,(H,17,21)(H,19,20). The van der Waals surface area contributed by atoms with Crippen molar-refractivity contribution in [1.29, 1.82) is 0 Å². The number of carboxylic acids is 1. The van der Waals surface area contributed by atoms with Crippen LogP contribution in [0.25, 0.3) is 0 Å². The molecule has 1 aliphatic heterocycles. The molecule has 2 amide bonds. The zero-order chi connectivity index (χ0) is 15.4. The number of anilines is 1. The molecule has 1 unspecified atom stereocenters.